The Morgan fingerprint density at radius 1 is 1.00 bits per heavy atom. The molecule has 1 aromatic rings. The van der Waals surface area contributed by atoms with Crippen molar-refractivity contribution in [2.45, 2.75) is 137 Å². The molecular formula is C31H51N3O4. The van der Waals surface area contributed by atoms with Crippen LogP contribution in [0.2, 0.25) is 0 Å². The largest absolute Gasteiger partial charge is 0.444 e. The first-order chi connectivity index (χ1) is 17.5. The predicted molar refractivity (Wildman–Crippen MR) is 153 cm³/mol. The molecule has 0 heterocycles. The fourth-order valence-electron chi connectivity index (χ4n) is 5.15. The Morgan fingerprint density at radius 3 is 2.13 bits per heavy atom. The van der Waals surface area contributed by atoms with Gasteiger partial charge in [0.25, 0.3) is 0 Å². The zero-order chi connectivity index (χ0) is 28.8. The van der Waals surface area contributed by atoms with E-state index in [1.54, 1.807) is 25.7 Å². The minimum Gasteiger partial charge on any atom is -0.444 e. The molecule has 7 nitrogen and oxygen atoms in total. The predicted octanol–water partition coefficient (Wildman–Crippen LogP) is 6.36. The molecule has 0 spiro atoms. The molecule has 1 fully saturated rings. The van der Waals surface area contributed by atoms with E-state index in [0.717, 1.165) is 42.4 Å². The Balaban J connectivity index is 2.57. The summed E-state index contributed by atoms with van der Waals surface area (Å²) in [6.45, 7) is 19.2. The zero-order valence-electron chi connectivity index (χ0n) is 25.4. The smallest absolute Gasteiger partial charge is 0.408 e. The molecule has 0 bridgehead atoms. The van der Waals surface area contributed by atoms with E-state index in [-0.39, 0.29) is 23.8 Å². The van der Waals surface area contributed by atoms with E-state index < -0.39 is 29.3 Å². The van der Waals surface area contributed by atoms with E-state index in [2.05, 4.69) is 10.6 Å². The Morgan fingerprint density at radius 2 is 1.61 bits per heavy atom. The minimum absolute atomic E-state index is 0.104. The van der Waals surface area contributed by atoms with Crippen molar-refractivity contribution in [3.63, 3.8) is 0 Å². The van der Waals surface area contributed by atoms with Gasteiger partial charge in [-0.05, 0) is 97.3 Å². The molecule has 38 heavy (non-hydrogen) atoms. The third kappa shape index (κ3) is 9.02. The number of rotatable bonds is 8. The van der Waals surface area contributed by atoms with Crippen LogP contribution in [0.25, 0.3) is 0 Å². The number of hydrogen-bond acceptors (Lipinski definition) is 4. The number of hydrogen-bond donors (Lipinski definition) is 2. The van der Waals surface area contributed by atoms with Gasteiger partial charge < -0.3 is 20.3 Å². The molecule has 3 amide bonds. The molecule has 2 atom stereocenters. The third-order valence-electron chi connectivity index (χ3n) is 7.06. The van der Waals surface area contributed by atoms with Gasteiger partial charge in [-0.2, -0.15) is 0 Å². The average molecular weight is 530 g/mol. The summed E-state index contributed by atoms with van der Waals surface area (Å²) in [6, 6.07) is 4.34. The highest BCUT2D eigenvalue weighted by Gasteiger charge is 2.43. The van der Waals surface area contributed by atoms with E-state index in [9.17, 15) is 14.4 Å². The molecule has 1 aliphatic carbocycles. The monoisotopic (exact) mass is 529 g/mol. The maximum atomic E-state index is 14.4. The van der Waals surface area contributed by atoms with Crippen molar-refractivity contribution >= 4 is 17.9 Å². The van der Waals surface area contributed by atoms with Crippen LogP contribution >= 0.6 is 0 Å². The van der Waals surface area contributed by atoms with Gasteiger partial charge in [-0.25, -0.2) is 4.79 Å². The van der Waals surface area contributed by atoms with Gasteiger partial charge in [0.05, 0.1) is 0 Å². The van der Waals surface area contributed by atoms with Gasteiger partial charge in [-0.15, -0.1) is 0 Å². The lowest BCUT2D eigenvalue weighted by Crippen LogP contribution is -2.59. The quantitative estimate of drug-likeness (QED) is 0.410. The van der Waals surface area contributed by atoms with Gasteiger partial charge in [0, 0.05) is 11.6 Å². The molecule has 0 radical (unpaired) electrons. The van der Waals surface area contributed by atoms with E-state index >= 15 is 0 Å². The van der Waals surface area contributed by atoms with Crippen LogP contribution in [0.5, 0.6) is 0 Å². The number of amides is 3. The SMILES string of the molecule is Cc1cccc(C(C(=O)NC2CCCCC2)N(C(=O)C(CC(C)C)NC(=O)OC(C)(C)C)C(C)(C)C)c1C. The topological polar surface area (TPSA) is 87.7 Å². The van der Waals surface area contributed by atoms with E-state index in [1.807, 2.05) is 66.7 Å². The Hall–Kier alpha value is -2.57. The maximum absolute atomic E-state index is 14.4. The summed E-state index contributed by atoms with van der Waals surface area (Å²) < 4.78 is 5.49. The van der Waals surface area contributed by atoms with Gasteiger partial charge in [0.2, 0.25) is 11.8 Å². The maximum Gasteiger partial charge on any atom is 0.408 e. The number of benzene rings is 1. The Bertz CT molecular complexity index is 968. The molecule has 214 valence electrons. The summed E-state index contributed by atoms with van der Waals surface area (Å²) in [5.41, 5.74) is 1.46. The first-order valence-electron chi connectivity index (χ1n) is 14.2. The average Bonchev–Trinajstić information content (AvgIpc) is 2.77. The van der Waals surface area contributed by atoms with Crippen LogP contribution in [0, 0.1) is 19.8 Å². The standard InChI is InChI=1S/C31H51N3O4/c1-20(2)19-25(33-29(37)38-31(8,9)10)28(36)34(30(5,6)7)26(24-18-14-15-21(3)22(24)4)27(35)32-23-16-12-11-13-17-23/h14-15,18,20,23,25-26H,11-13,16-17,19H2,1-10H3,(H,32,35)(H,33,37). The second kappa shape index (κ2) is 13.0. The lowest BCUT2D eigenvalue weighted by molar-refractivity contribution is -0.149. The number of nitrogens with one attached hydrogen (secondary N) is 2. The fourth-order valence-corrected chi connectivity index (χ4v) is 5.15. The number of carbonyl (C=O) groups excluding carboxylic acids is 3. The van der Waals surface area contributed by atoms with Crippen molar-refractivity contribution in [3.05, 3.63) is 34.9 Å². The second-order valence-corrected chi connectivity index (χ2v) is 13.2. The van der Waals surface area contributed by atoms with Crippen molar-refractivity contribution in [2.24, 2.45) is 5.92 Å². The molecule has 1 aromatic carbocycles. The molecule has 1 aliphatic rings. The van der Waals surface area contributed by atoms with E-state index in [0.29, 0.717) is 6.42 Å². The van der Waals surface area contributed by atoms with Crippen LogP contribution in [0.1, 0.15) is 117 Å². The number of alkyl carbamates (subject to hydrolysis) is 1. The van der Waals surface area contributed by atoms with Crippen LogP contribution in [-0.2, 0) is 14.3 Å². The van der Waals surface area contributed by atoms with Gasteiger partial charge in [-0.1, -0.05) is 51.3 Å². The molecule has 0 aliphatic heterocycles. The van der Waals surface area contributed by atoms with Gasteiger partial charge in [0.15, 0.2) is 0 Å². The molecule has 2 unspecified atom stereocenters. The number of aryl methyl sites for hydroxylation is 1. The van der Waals surface area contributed by atoms with Crippen molar-refractivity contribution in [2.75, 3.05) is 0 Å². The summed E-state index contributed by atoms with van der Waals surface area (Å²) in [5.74, 6) is -0.327. The first kappa shape index (κ1) is 31.6. The lowest BCUT2D eigenvalue weighted by atomic mass is 9.89. The molecular weight excluding hydrogens is 478 g/mol. The highest BCUT2D eigenvalue weighted by Crippen LogP contribution is 2.34. The van der Waals surface area contributed by atoms with Gasteiger partial charge in [-0.3, -0.25) is 9.59 Å². The van der Waals surface area contributed by atoms with Crippen LogP contribution in [0.3, 0.4) is 0 Å². The molecule has 0 saturated heterocycles. The first-order valence-corrected chi connectivity index (χ1v) is 14.2. The number of carbonyl (C=O) groups is 3. The van der Waals surface area contributed by atoms with E-state index in [1.165, 1.54) is 6.42 Å². The Labute approximate surface area is 230 Å². The second-order valence-electron chi connectivity index (χ2n) is 13.2. The van der Waals surface area contributed by atoms with Crippen molar-refractivity contribution in [1.82, 2.24) is 15.5 Å². The summed E-state index contributed by atoms with van der Waals surface area (Å²) >= 11 is 0. The summed E-state index contributed by atoms with van der Waals surface area (Å²) in [7, 11) is 0. The molecule has 0 aromatic heterocycles. The van der Waals surface area contributed by atoms with Crippen LogP contribution in [0.15, 0.2) is 18.2 Å². The highest BCUT2D eigenvalue weighted by molar-refractivity contribution is 5.93. The normalized spacial score (nSPS) is 16.5. The number of nitrogens with zero attached hydrogens (tertiary/aromatic N) is 1. The lowest BCUT2D eigenvalue weighted by Gasteiger charge is -2.44. The summed E-state index contributed by atoms with van der Waals surface area (Å²) in [5, 5.41) is 6.10. The number of ether oxygens (including phenoxy) is 1. The molecule has 7 heteroatoms. The van der Waals surface area contributed by atoms with Crippen molar-refractivity contribution in [3.8, 4) is 0 Å². The molecule has 1 saturated carbocycles. The van der Waals surface area contributed by atoms with Gasteiger partial charge >= 0.3 is 6.09 Å². The van der Waals surface area contributed by atoms with Crippen LogP contribution < -0.4 is 10.6 Å². The summed E-state index contributed by atoms with van der Waals surface area (Å²) in [4.78, 5) is 43.0. The van der Waals surface area contributed by atoms with Crippen molar-refractivity contribution in [1.29, 1.82) is 0 Å². The van der Waals surface area contributed by atoms with Crippen LogP contribution in [-0.4, -0.2) is 46.0 Å². The zero-order valence-corrected chi connectivity index (χ0v) is 25.4. The molecule has 2 N–H and O–H groups in total. The summed E-state index contributed by atoms with van der Waals surface area (Å²) in [6.07, 6.45) is 5.06. The van der Waals surface area contributed by atoms with Crippen molar-refractivity contribution < 1.29 is 19.1 Å². The highest BCUT2D eigenvalue weighted by atomic mass is 16.6. The Kier molecular flexibility index (Phi) is 10.8. The third-order valence-corrected chi connectivity index (χ3v) is 7.06. The molecule has 2 rings (SSSR count). The minimum atomic E-state index is -0.834. The van der Waals surface area contributed by atoms with E-state index in [4.69, 9.17) is 4.74 Å². The fraction of sp³-hybridized carbons (Fsp3) is 0.710. The van der Waals surface area contributed by atoms with Gasteiger partial charge in [0.1, 0.15) is 17.7 Å². The van der Waals surface area contributed by atoms with Crippen LogP contribution in [0.4, 0.5) is 4.79 Å².